The third-order valence-corrected chi connectivity index (χ3v) is 4.28. The van der Waals surface area contributed by atoms with Crippen LogP contribution in [0.4, 0.5) is 0 Å². The minimum atomic E-state index is -0.314. The summed E-state index contributed by atoms with van der Waals surface area (Å²) in [4.78, 5) is 28.2. The van der Waals surface area contributed by atoms with Crippen molar-refractivity contribution in [2.75, 3.05) is 6.54 Å². The molecule has 112 valence electrons. The highest BCUT2D eigenvalue weighted by molar-refractivity contribution is 7.09. The standard InChI is InChI=1S/C15H19N3O2S/c1-10-9-21-14(17-10)5-4-6-16-15(20)12-8-18(3)11(2)7-13(12)19/h7-9H,4-6H2,1-3H3,(H,16,20). The first-order valence-corrected chi connectivity index (χ1v) is 7.72. The van der Waals surface area contributed by atoms with Crippen molar-refractivity contribution in [1.29, 1.82) is 0 Å². The molecule has 0 aliphatic heterocycles. The van der Waals surface area contributed by atoms with Crippen molar-refractivity contribution in [2.45, 2.75) is 26.7 Å². The van der Waals surface area contributed by atoms with Crippen LogP contribution in [0.5, 0.6) is 0 Å². The summed E-state index contributed by atoms with van der Waals surface area (Å²) < 4.78 is 1.77. The van der Waals surface area contributed by atoms with Crippen LogP contribution in [0, 0.1) is 13.8 Å². The number of pyridine rings is 1. The Labute approximate surface area is 127 Å². The van der Waals surface area contributed by atoms with Crippen molar-refractivity contribution in [2.24, 2.45) is 7.05 Å². The summed E-state index contributed by atoms with van der Waals surface area (Å²) in [5, 5.41) is 5.88. The van der Waals surface area contributed by atoms with Gasteiger partial charge in [0.2, 0.25) is 0 Å². The highest BCUT2D eigenvalue weighted by Gasteiger charge is 2.10. The van der Waals surface area contributed by atoms with E-state index in [2.05, 4.69) is 10.3 Å². The summed E-state index contributed by atoms with van der Waals surface area (Å²) in [6.07, 6.45) is 3.23. The molecule has 6 heteroatoms. The molecule has 0 aliphatic carbocycles. The Morgan fingerprint density at radius 2 is 2.19 bits per heavy atom. The number of hydrogen-bond acceptors (Lipinski definition) is 4. The van der Waals surface area contributed by atoms with Gasteiger partial charge in [-0.2, -0.15) is 0 Å². The fourth-order valence-electron chi connectivity index (χ4n) is 1.95. The molecular formula is C15H19N3O2S. The predicted molar refractivity (Wildman–Crippen MR) is 83.9 cm³/mol. The number of thiazole rings is 1. The van der Waals surface area contributed by atoms with Crippen molar-refractivity contribution < 1.29 is 4.79 Å². The zero-order valence-electron chi connectivity index (χ0n) is 12.5. The van der Waals surface area contributed by atoms with Gasteiger partial charge in [-0.15, -0.1) is 11.3 Å². The van der Waals surface area contributed by atoms with Crippen molar-refractivity contribution in [3.8, 4) is 0 Å². The number of amides is 1. The van der Waals surface area contributed by atoms with Gasteiger partial charge in [0.25, 0.3) is 5.91 Å². The molecule has 0 spiro atoms. The van der Waals surface area contributed by atoms with Crippen LogP contribution in [0.1, 0.15) is 33.2 Å². The fraction of sp³-hybridized carbons (Fsp3) is 0.400. The van der Waals surface area contributed by atoms with E-state index in [-0.39, 0.29) is 16.9 Å². The maximum absolute atomic E-state index is 12.0. The number of rotatable bonds is 5. The van der Waals surface area contributed by atoms with Crippen molar-refractivity contribution in [3.05, 3.63) is 49.8 Å². The Bertz CT molecular complexity index is 703. The summed E-state index contributed by atoms with van der Waals surface area (Å²) in [7, 11) is 1.82. The molecule has 21 heavy (non-hydrogen) atoms. The molecule has 2 heterocycles. The molecule has 2 aromatic rings. The zero-order valence-corrected chi connectivity index (χ0v) is 13.3. The summed E-state index contributed by atoms with van der Waals surface area (Å²) in [5.74, 6) is -0.314. The summed E-state index contributed by atoms with van der Waals surface area (Å²) in [6, 6.07) is 1.48. The van der Waals surface area contributed by atoms with Gasteiger partial charge in [-0.05, 0) is 20.3 Å². The highest BCUT2D eigenvalue weighted by Crippen LogP contribution is 2.10. The lowest BCUT2D eigenvalue weighted by molar-refractivity contribution is 0.0951. The molecule has 5 nitrogen and oxygen atoms in total. The SMILES string of the molecule is Cc1csc(CCCNC(=O)c2cn(C)c(C)cc2=O)n1. The van der Waals surface area contributed by atoms with Crippen LogP contribution < -0.4 is 10.7 Å². The van der Waals surface area contributed by atoms with Crippen LogP contribution in [-0.2, 0) is 13.5 Å². The van der Waals surface area contributed by atoms with Gasteiger partial charge in [0.15, 0.2) is 5.43 Å². The van der Waals surface area contributed by atoms with Gasteiger partial charge in [-0.3, -0.25) is 9.59 Å². The molecule has 0 unspecified atom stereocenters. The molecule has 0 saturated heterocycles. The Hall–Kier alpha value is -1.95. The van der Waals surface area contributed by atoms with Crippen LogP contribution in [0.25, 0.3) is 0 Å². The molecule has 0 bridgehead atoms. The Kier molecular flexibility index (Phi) is 4.90. The van der Waals surface area contributed by atoms with Crippen LogP contribution in [0.2, 0.25) is 0 Å². The average molecular weight is 305 g/mol. The Morgan fingerprint density at radius 1 is 1.43 bits per heavy atom. The molecule has 0 aromatic carbocycles. The van der Waals surface area contributed by atoms with E-state index in [4.69, 9.17) is 0 Å². The van der Waals surface area contributed by atoms with Gasteiger partial charge in [0.1, 0.15) is 5.56 Å². The molecular weight excluding hydrogens is 286 g/mol. The maximum Gasteiger partial charge on any atom is 0.256 e. The number of aryl methyl sites for hydroxylation is 4. The summed E-state index contributed by atoms with van der Waals surface area (Å²) in [6.45, 7) is 4.34. The van der Waals surface area contributed by atoms with E-state index in [1.165, 1.54) is 6.07 Å². The first-order chi connectivity index (χ1) is 9.97. The third-order valence-electron chi connectivity index (χ3n) is 3.25. The van der Waals surface area contributed by atoms with Crippen LogP contribution in [0.3, 0.4) is 0 Å². The highest BCUT2D eigenvalue weighted by atomic mass is 32.1. The smallest absolute Gasteiger partial charge is 0.256 e. The first kappa shape index (κ1) is 15.4. The second kappa shape index (κ2) is 6.67. The minimum absolute atomic E-state index is 0.188. The molecule has 0 fully saturated rings. The molecule has 0 saturated carbocycles. The van der Waals surface area contributed by atoms with Crippen molar-refractivity contribution >= 4 is 17.2 Å². The lowest BCUT2D eigenvalue weighted by Crippen LogP contribution is -2.30. The molecule has 1 N–H and O–H groups in total. The number of hydrogen-bond donors (Lipinski definition) is 1. The maximum atomic E-state index is 12.0. The van der Waals surface area contributed by atoms with E-state index < -0.39 is 0 Å². The van der Waals surface area contributed by atoms with Crippen molar-refractivity contribution in [3.63, 3.8) is 0 Å². The number of aromatic nitrogens is 2. The normalized spacial score (nSPS) is 10.6. The zero-order chi connectivity index (χ0) is 15.4. The largest absolute Gasteiger partial charge is 0.354 e. The summed E-state index contributed by atoms with van der Waals surface area (Å²) >= 11 is 1.63. The van der Waals surface area contributed by atoms with Crippen molar-refractivity contribution in [1.82, 2.24) is 14.9 Å². The topological polar surface area (TPSA) is 64.0 Å². The molecule has 0 atom stereocenters. The van der Waals surface area contributed by atoms with Crippen LogP contribution in [-0.4, -0.2) is 22.0 Å². The molecule has 2 aromatic heterocycles. The molecule has 2 rings (SSSR count). The lowest BCUT2D eigenvalue weighted by atomic mass is 10.2. The van der Waals surface area contributed by atoms with E-state index in [1.807, 2.05) is 26.3 Å². The van der Waals surface area contributed by atoms with Crippen LogP contribution in [0.15, 0.2) is 22.4 Å². The predicted octanol–water partition coefficient (Wildman–Crippen LogP) is 1.82. The van der Waals surface area contributed by atoms with E-state index >= 15 is 0 Å². The van der Waals surface area contributed by atoms with E-state index in [0.717, 1.165) is 29.2 Å². The molecule has 0 aliphatic rings. The number of carbonyl (C=O) groups excluding carboxylic acids is 1. The van der Waals surface area contributed by atoms with Gasteiger partial charge in [0, 0.05) is 49.0 Å². The second-order valence-electron chi connectivity index (χ2n) is 5.05. The van der Waals surface area contributed by atoms with E-state index in [9.17, 15) is 9.59 Å². The molecule has 0 radical (unpaired) electrons. The number of nitrogens with one attached hydrogen (secondary N) is 1. The monoisotopic (exact) mass is 305 g/mol. The third kappa shape index (κ3) is 4.01. The van der Waals surface area contributed by atoms with Gasteiger partial charge in [-0.25, -0.2) is 4.98 Å². The second-order valence-corrected chi connectivity index (χ2v) is 5.99. The average Bonchev–Trinajstić information content (AvgIpc) is 2.84. The number of carbonyl (C=O) groups is 1. The van der Waals surface area contributed by atoms with Crippen LogP contribution >= 0.6 is 11.3 Å². The minimum Gasteiger partial charge on any atom is -0.354 e. The molecule has 1 amide bonds. The van der Waals surface area contributed by atoms with Gasteiger partial charge < -0.3 is 9.88 Å². The number of nitrogens with zero attached hydrogens (tertiary/aromatic N) is 2. The summed E-state index contributed by atoms with van der Waals surface area (Å²) in [5.41, 5.74) is 1.81. The van der Waals surface area contributed by atoms with Gasteiger partial charge >= 0.3 is 0 Å². The Balaban J connectivity index is 1.87. The van der Waals surface area contributed by atoms with E-state index in [0.29, 0.717) is 6.54 Å². The quantitative estimate of drug-likeness (QED) is 0.857. The van der Waals surface area contributed by atoms with Gasteiger partial charge in [0.05, 0.1) is 5.01 Å². The van der Waals surface area contributed by atoms with E-state index in [1.54, 1.807) is 22.1 Å². The van der Waals surface area contributed by atoms with Gasteiger partial charge in [-0.1, -0.05) is 0 Å². The Morgan fingerprint density at radius 3 is 2.86 bits per heavy atom. The first-order valence-electron chi connectivity index (χ1n) is 6.84. The lowest BCUT2D eigenvalue weighted by Gasteiger charge is -2.08. The fourth-order valence-corrected chi connectivity index (χ4v) is 2.77.